The molecule has 0 radical (unpaired) electrons. The molecule has 0 N–H and O–H groups in total. The van der Waals surface area contributed by atoms with E-state index in [1.807, 2.05) is 0 Å². The number of benzene rings is 1. The second kappa shape index (κ2) is 3.82. The van der Waals surface area contributed by atoms with E-state index >= 15 is 0 Å². The highest BCUT2D eigenvalue weighted by atomic mass is 16.1. The van der Waals surface area contributed by atoms with Gasteiger partial charge in [0, 0.05) is 5.41 Å². The van der Waals surface area contributed by atoms with E-state index in [1.165, 1.54) is 5.56 Å². The molecule has 0 amide bonds. The first kappa shape index (κ1) is 12.7. The summed E-state index contributed by atoms with van der Waals surface area (Å²) in [4.78, 5) is 12.7. The summed E-state index contributed by atoms with van der Waals surface area (Å²) in [6.07, 6.45) is 4.33. The minimum absolute atomic E-state index is 0.112. The molecule has 1 aromatic carbocycles. The topological polar surface area (TPSA) is 17.1 Å². The van der Waals surface area contributed by atoms with Gasteiger partial charge >= 0.3 is 0 Å². The van der Waals surface area contributed by atoms with Crippen molar-refractivity contribution < 1.29 is 4.79 Å². The molecule has 2 aliphatic carbocycles. The predicted molar refractivity (Wildman–Crippen MR) is 78.8 cm³/mol. The fourth-order valence-electron chi connectivity index (χ4n) is 3.94. The average Bonchev–Trinajstić information content (AvgIpc) is 2.66. The van der Waals surface area contributed by atoms with Crippen molar-refractivity contribution in [2.45, 2.75) is 40.5 Å². The van der Waals surface area contributed by atoms with Crippen molar-refractivity contribution in [2.75, 3.05) is 0 Å². The Morgan fingerprint density at radius 2 is 1.79 bits per heavy atom. The highest BCUT2D eigenvalue weighted by Gasteiger charge is 2.63. The van der Waals surface area contributed by atoms with Gasteiger partial charge in [0.1, 0.15) is 0 Å². The van der Waals surface area contributed by atoms with E-state index < -0.39 is 0 Å². The van der Waals surface area contributed by atoms with Crippen LogP contribution in [0.4, 0.5) is 0 Å². The van der Waals surface area contributed by atoms with E-state index in [0.717, 1.165) is 24.0 Å². The van der Waals surface area contributed by atoms with Crippen LogP contribution in [0, 0.1) is 23.7 Å². The van der Waals surface area contributed by atoms with E-state index in [-0.39, 0.29) is 10.8 Å². The van der Waals surface area contributed by atoms with Gasteiger partial charge in [0.2, 0.25) is 0 Å². The highest BCUT2D eigenvalue weighted by molar-refractivity contribution is 6.07. The van der Waals surface area contributed by atoms with Gasteiger partial charge in [0.05, 0.1) is 0 Å². The van der Waals surface area contributed by atoms with Crippen LogP contribution in [-0.2, 0) is 4.79 Å². The van der Waals surface area contributed by atoms with Gasteiger partial charge in [-0.15, -0.1) is 0 Å². The Morgan fingerprint density at radius 3 is 2.32 bits per heavy atom. The Hall–Kier alpha value is -1.37. The molecule has 2 bridgehead atoms. The molecule has 0 heterocycles. The fourth-order valence-corrected chi connectivity index (χ4v) is 3.94. The first-order chi connectivity index (χ1) is 8.86. The molecule has 2 aliphatic rings. The van der Waals surface area contributed by atoms with Gasteiger partial charge in [-0.1, -0.05) is 50.6 Å². The first-order valence-electron chi connectivity index (χ1n) is 7.19. The molecular weight excluding hydrogens is 232 g/mol. The molecule has 0 spiro atoms. The number of aryl methyl sites for hydroxylation is 1. The third-order valence-electron chi connectivity index (χ3n) is 5.76. The average molecular weight is 254 g/mol. The maximum Gasteiger partial charge on any atom is 0.165 e. The zero-order valence-electron chi connectivity index (χ0n) is 12.3. The molecule has 19 heavy (non-hydrogen) atoms. The Morgan fingerprint density at radius 1 is 1.16 bits per heavy atom. The lowest BCUT2D eigenvalue weighted by Gasteiger charge is -2.31. The summed E-state index contributed by atoms with van der Waals surface area (Å²) in [6, 6.07) is 8.43. The smallest absolute Gasteiger partial charge is 0.165 e. The van der Waals surface area contributed by atoms with Gasteiger partial charge in [-0.3, -0.25) is 4.79 Å². The SMILES string of the molecule is Cc1ccc(/C=C2\C(=O)[C@]3(C)CCC2C3(C)C)cc1. The fraction of sp³-hybridized carbons (Fsp3) is 0.500. The Bertz CT molecular complexity index is 562. The van der Waals surface area contributed by atoms with Gasteiger partial charge in [-0.05, 0) is 48.3 Å². The largest absolute Gasteiger partial charge is 0.294 e. The normalized spacial score (nSPS) is 34.2. The van der Waals surface area contributed by atoms with Crippen LogP contribution in [0.1, 0.15) is 44.7 Å². The van der Waals surface area contributed by atoms with Crippen molar-refractivity contribution in [3.05, 3.63) is 41.0 Å². The van der Waals surface area contributed by atoms with Crippen molar-refractivity contribution in [1.82, 2.24) is 0 Å². The summed E-state index contributed by atoms with van der Waals surface area (Å²) in [5, 5.41) is 0. The summed E-state index contributed by atoms with van der Waals surface area (Å²) in [5.41, 5.74) is 3.44. The van der Waals surface area contributed by atoms with Gasteiger partial charge in [-0.25, -0.2) is 0 Å². The standard InChI is InChI=1S/C18H22O/c1-12-5-7-13(8-6-12)11-14-15-9-10-18(4,16(14)19)17(15,2)3/h5-8,11,15H,9-10H2,1-4H3/b14-11-/t15?,18-/m0/s1. The number of carbonyl (C=O) groups excluding carboxylic acids is 1. The van der Waals surface area contributed by atoms with Crippen LogP contribution in [0.3, 0.4) is 0 Å². The summed E-state index contributed by atoms with van der Waals surface area (Å²) in [7, 11) is 0. The number of ketones is 1. The lowest BCUT2D eigenvalue weighted by molar-refractivity contribution is -0.125. The number of carbonyl (C=O) groups is 1. The quantitative estimate of drug-likeness (QED) is 0.679. The minimum atomic E-state index is -0.145. The third kappa shape index (κ3) is 1.57. The number of rotatable bonds is 1. The first-order valence-corrected chi connectivity index (χ1v) is 7.19. The molecule has 1 aromatic rings. The molecule has 1 unspecified atom stereocenters. The van der Waals surface area contributed by atoms with Crippen molar-refractivity contribution in [1.29, 1.82) is 0 Å². The van der Waals surface area contributed by atoms with Crippen molar-refractivity contribution in [3.63, 3.8) is 0 Å². The van der Waals surface area contributed by atoms with Gasteiger partial charge in [-0.2, -0.15) is 0 Å². The van der Waals surface area contributed by atoms with Crippen LogP contribution in [0.5, 0.6) is 0 Å². The van der Waals surface area contributed by atoms with E-state index in [1.54, 1.807) is 0 Å². The van der Waals surface area contributed by atoms with Gasteiger partial charge < -0.3 is 0 Å². The molecule has 1 nitrogen and oxygen atoms in total. The number of hydrogen-bond donors (Lipinski definition) is 0. The minimum Gasteiger partial charge on any atom is -0.294 e. The Balaban J connectivity index is 2.04. The van der Waals surface area contributed by atoms with E-state index in [0.29, 0.717) is 11.7 Å². The Labute approximate surface area is 115 Å². The van der Waals surface area contributed by atoms with E-state index in [9.17, 15) is 4.79 Å². The van der Waals surface area contributed by atoms with Gasteiger partial charge in [0.25, 0.3) is 0 Å². The number of allylic oxidation sites excluding steroid dienone is 1. The molecule has 2 fully saturated rings. The zero-order chi connectivity index (χ0) is 13.8. The zero-order valence-corrected chi connectivity index (χ0v) is 12.3. The van der Waals surface area contributed by atoms with E-state index in [2.05, 4.69) is 58.0 Å². The number of hydrogen-bond acceptors (Lipinski definition) is 1. The van der Waals surface area contributed by atoms with Crippen LogP contribution in [-0.4, -0.2) is 5.78 Å². The molecular formula is C18H22O. The summed E-state index contributed by atoms with van der Waals surface area (Å²) in [5.74, 6) is 0.820. The van der Waals surface area contributed by atoms with Crippen LogP contribution in [0.2, 0.25) is 0 Å². The van der Waals surface area contributed by atoms with Crippen LogP contribution < -0.4 is 0 Å². The molecule has 3 rings (SSSR count). The maximum absolute atomic E-state index is 12.7. The van der Waals surface area contributed by atoms with Crippen LogP contribution >= 0.6 is 0 Å². The van der Waals surface area contributed by atoms with Crippen LogP contribution in [0.15, 0.2) is 29.8 Å². The molecule has 2 saturated carbocycles. The highest BCUT2D eigenvalue weighted by Crippen LogP contribution is 2.65. The van der Waals surface area contributed by atoms with Crippen molar-refractivity contribution >= 4 is 11.9 Å². The number of fused-ring (bicyclic) bond motifs is 2. The van der Waals surface area contributed by atoms with Crippen molar-refractivity contribution in [3.8, 4) is 0 Å². The second-order valence-electron chi connectivity index (χ2n) is 6.98. The monoisotopic (exact) mass is 254 g/mol. The molecule has 2 atom stereocenters. The summed E-state index contributed by atoms with van der Waals surface area (Å²) in [6.45, 7) is 8.77. The van der Waals surface area contributed by atoms with Gasteiger partial charge in [0.15, 0.2) is 5.78 Å². The summed E-state index contributed by atoms with van der Waals surface area (Å²) >= 11 is 0. The van der Waals surface area contributed by atoms with E-state index in [4.69, 9.17) is 0 Å². The number of Topliss-reactive ketones (excluding diaryl/α,β-unsaturated/α-hetero) is 1. The molecule has 1 heteroatoms. The summed E-state index contributed by atoms with van der Waals surface area (Å²) < 4.78 is 0. The predicted octanol–water partition coefficient (Wildman–Crippen LogP) is 4.40. The van der Waals surface area contributed by atoms with Crippen molar-refractivity contribution in [2.24, 2.45) is 16.7 Å². The third-order valence-corrected chi connectivity index (χ3v) is 5.76. The molecule has 0 aromatic heterocycles. The molecule has 100 valence electrons. The molecule has 0 aliphatic heterocycles. The van der Waals surface area contributed by atoms with Crippen LogP contribution in [0.25, 0.3) is 6.08 Å². The Kier molecular flexibility index (Phi) is 2.54. The molecule has 0 saturated heterocycles. The lowest BCUT2D eigenvalue weighted by atomic mass is 9.70. The second-order valence-corrected chi connectivity index (χ2v) is 6.98. The lowest BCUT2D eigenvalue weighted by Crippen LogP contribution is -2.32. The maximum atomic E-state index is 12.7.